The summed E-state index contributed by atoms with van der Waals surface area (Å²) in [6, 6.07) is 16.2. The maximum absolute atomic E-state index is 12.6. The van der Waals surface area contributed by atoms with E-state index in [1.54, 1.807) is 23.1 Å². The van der Waals surface area contributed by atoms with Crippen LogP contribution in [0.2, 0.25) is 0 Å². The summed E-state index contributed by atoms with van der Waals surface area (Å²) in [7, 11) is 0. The van der Waals surface area contributed by atoms with E-state index < -0.39 is 4.92 Å². The number of para-hydroxylation sites is 1. The molecular formula is C19H22N2O3. The van der Waals surface area contributed by atoms with Crippen molar-refractivity contribution in [2.45, 2.75) is 39.3 Å². The molecule has 5 heteroatoms. The average molecular weight is 326 g/mol. The lowest BCUT2D eigenvalue weighted by molar-refractivity contribution is -0.385. The van der Waals surface area contributed by atoms with E-state index in [1.165, 1.54) is 6.07 Å². The molecular weight excluding hydrogens is 304 g/mol. The number of carbonyl (C=O) groups excluding carboxylic acids is 1. The fourth-order valence-corrected chi connectivity index (χ4v) is 2.72. The molecule has 2 aromatic carbocycles. The average Bonchev–Trinajstić information content (AvgIpc) is 2.60. The van der Waals surface area contributed by atoms with E-state index in [2.05, 4.69) is 0 Å². The van der Waals surface area contributed by atoms with Crippen LogP contribution in [0.3, 0.4) is 0 Å². The van der Waals surface area contributed by atoms with Gasteiger partial charge in [-0.25, -0.2) is 0 Å². The molecule has 0 heterocycles. The molecule has 1 atom stereocenters. The zero-order valence-electron chi connectivity index (χ0n) is 14.0. The summed E-state index contributed by atoms with van der Waals surface area (Å²) >= 11 is 0. The predicted molar refractivity (Wildman–Crippen MR) is 93.4 cm³/mol. The topological polar surface area (TPSA) is 63.5 Å². The minimum atomic E-state index is -0.398. The molecule has 0 aromatic heterocycles. The van der Waals surface area contributed by atoms with Gasteiger partial charge >= 0.3 is 0 Å². The molecule has 2 rings (SSSR count). The third-order valence-corrected chi connectivity index (χ3v) is 4.06. The molecule has 0 aliphatic carbocycles. The Morgan fingerprint density at radius 3 is 2.38 bits per heavy atom. The number of amides is 1. The standard InChI is InChI=1S/C19H22N2O3/c1-3-9-19(22)20(15(2)16-10-5-4-6-11-16)14-17-12-7-8-13-18(17)21(23)24/h4-8,10-13,15H,3,9,14H2,1-2H3. The normalized spacial score (nSPS) is 11.8. The van der Waals surface area contributed by atoms with E-state index in [-0.39, 0.29) is 24.2 Å². The fraction of sp³-hybridized carbons (Fsp3) is 0.316. The van der Waals surface area contributed by atoms with Crippen LogP contribution in [0.25, 0.3) is 0 Å². The van der Waals surface area contributed by atoms with Gasteiger partial charge < -0.3 is 4.90 Å². The molecule has 0 saturated carbocycles. The summed E-state index contributed by atoms with van der Waals surface area (Å²) < 4.78 is 0. The van der Waals surface area contributed by atoms with Gasteiger partial charge in [-0.1, -0.05) is 55.5 Å². The van der Waals surface area contributed by atoms with E-state index in [9.17, 15) is 14.9 Å². The van der Waals surface area contributed by atoms with E-state index in [1.807, 2.05) is 44.2 Å². The lowest BCUT2D eigenvalue weighted by Crippen LogP contribution is -2.33. The lowest BCUT2D eigenvalue weighted by atomic mass is 10.0. The Balaban J connectivity index is 2.34. The van der Waals surface area contributed by atoms with E-state index in [0.717, 1.165) is 12.0 Å². The third kappa shape index (κ3) is 4.19. The van der Waals surface area contributed by atoms with Gasteiger partial charge in [0, 0.05) is 18.1 Å². The third-order valence-electron chi connectivity index (χ3n) is 4.06. The Labute approximate surface area is 142 Å². The van der Waals surface area contributed by atoms with Crippen molar-refractivity contribution in [2.75, 3.05) is 0 Å². The molecule has 2 aromatic rings. The number of carbonyl (C=O) groups is 1. The fourth-order valence-electron chi connectivity index (χ4n) is 2.72. The second-order valence-corrected chi connectivity index (χ2v) is 5.74. The number of benzene rings is 2. The van der Waals surface area contributed by atoms with Crippen LogP contribution in [-0.4, -0.2) is 15.7 Å². The first-order valence-electron chi connectivity index (χ1n) is 8.11. The smallest absolute Gasteiger partial charge is 0.274 e. The van der Waals surface area contributed by atoms with E-state index >= 15 is 0 Å². The summed E-state index contributed by atoms with van der Waals surface area (Å²) in [6.45, 7) is 4.14. The second-order valence-electron chi connectivity index (χ2n) is 5.74. The molecule has 1 amide bonds. The molecule has 0 aliphatic heterocycles. The van der Waals surface area contributed by atoms with Gasteiger partial charge in [0.1, 0.15) is 0 Å². The lowest BCUT2D eigenvalue weighted by Gasteiger charge is -2.30. The molecule has 0 spiro atoms. The Kier molecular flexibility index (Phi) is 6.07. The van der Waals surface area contributed by atoms with Crippen molar-refractivity contribution in [3.8, 4) is 0 Å². The van der Waals surface area contributed by atoms with Gasteiger partial charge in [0.25, 0.3) is 5.69 Å². The molecule has 0 fully saturated rings. The minimum absolute atomic E-state index is 0.00649. The highest BCUT2D eigenvalue weighted by atomic mass is 16.6. The number of rotatable bonds is 7. The number of nitro benzene ring substituents is 1. The molecule has 0 N–H and O–H groups in total. The maximum atomic E-state index is 12.6. The largest absolute Gasteiger partial charge is 0.331 e. The first-order chi connectivity index (χ1) is 11.5. The van der Waals surface area contributed by atoms with Crippen molar-refractivity contribution in [2.24, 2.45) is 0 Å². The molecule has 0 radical (unpaired) electrons. The van der Waals surface area contributed by atoms with Gasteiger partial charge in [0.05, 0.1) is 17.5 Å². The van der Waals surface area contributed by atoms with Gasteiger partial charge in [0.2, 0.25) is 5.91 Å². The van der Waals surface area contributed by atoms with Gasteiger partial charge in [-0.2, -0.15) is 0 Å². The van der Waals surface area contributed by atoms with Crippen molar-refractivity contribution >= 4 is 11.6 Å². The Hall–Kier alpha value is -2.69. The highest BCUT2D eigenvalue weighted by Crippen LogP contribution is 2.27. The van der Waals surface area contributed by atoms with Crippen LogP contribution < -0.4 is 0 Å². The zero-order valence-corrected chi connectivity index (χ0v) is 14.0. The summed E-state index contributed by atoms with van der Waals surface area (Å²) in [5.41, 5.74) is 1.61. The van der Waals surface area contributed by atoms with Crippen molar-refractivity contribution in [1.29, 1.82) is 0 Å². The number of nitrogens with zero attached hydrogens (tertiary/aromatic N) is 2. The van der Waals surface area contributed by atoms with Crippen LogP contribution in [0.15, 0.2) is 54.6 Å². The van der Waals surface area contributed by atoms with Gasteiger partial charge in [-0.15, -0.1) is 0 Å². The SMILES string of the molecule is CCCC(=O)N(Cc1ccccc1[N+](=O)[O-])C(C)c1ccccc1. The highest BCUT2D eigenvalue weighted by molar-refractivity contribution is 5.76. The first kappa shape index (κ1) is 17.7. The van der Waals surface area contributed by atoms with Crippen LogP contribution in [0.4, 0.5) is 5.69 Å². The molecule has 0 aliphatic rings. The van der Waals surface area contributed by atoms with Crippen molar-refractivity contribution in [1.82, 2.24) is 4.90 Å². The highest BCUT2D eigenvalue weighted by Gasteiger charge is 2.24. The quantitative estimate of drug-likeness (QED) is 0.556. The molecule has 126 valence electrons. The number of hydrogen-bond acceptors (Lipinski definition) is 3. The van der Waals surface area contributed by atoms with Crippen LogP contribution in [0.1, 0.15) is 43.9 Å². The van der Waals surface area contributed by atoms with Crippen molar-refractivity contribution in [3.63, 3.8) is 0 Å². The van der Waals surface area contributed by atoms with Crippen LogP contribution in [-0.2, 0) is 11.3 Å². The first-order valence-corrected chi connectivity index (χ1v) is 8.11. The molecule has 1 unspecified atom stereocenters. The molecule has 0 saturated heterocycles. The Bertz CT molecular complexity index is 701. The van der Waals surface area contributed by atoms with E-state index in [4.69, 9.17) is 0 Å². The van der Waals surface area contributed by atoms with Crippen LogP contribution in [0, 0.1) is 10.1 Å². The van der Waals surface area contributed by atoms with Crippen LogP contribution in [0.5, 0.6) is 0 Å². The number of hydrogen-bond donors (Lipinski definition) is 0. The predicted octanol–water partition coefficient (Wildman–Crippen LogP) is 4.48. The monoisotopic (exact) mass is 326 g/mol. The second kappa shape index (κ2) is 8.24. The van der Waals surface area contributed by atoms with Gasteiger partial charge in [-0.3, -0.25) is 14.9 Å². The molecule has 5 nitrogen and oxygen atoms in total. The van der Waals surface area contributed by atoms with E-state index in [0.29, 0.717) is 12.0 Å². The van der Waals surface area contributed by atoms with Gasteiger partial charge in [0.15, 0.2) is 0 Å². The summed E-state index contributed by atoms with van der Waals surface area (Å²) in [5, 5.41) is 11.2. The molecule has 0 bridgehead atoms. The summed E-state index contributed by atoms with van der Waals surface area (Å²) in [4.78, 5) is 25.2. The number of nitro groups is 1. The van der Waals surface area contributed by atoms with Gasteiger partial charge in [-0.05, 0) is 18.9 Å². The minimum Gasteiger partial charge on any atom is -0.331 e. The van der Waals surface area contributed by atoms with Crippen LogP contribution >= 0.6 is 0 Å². The zero-order chi connectivity index (χ0) is 17.5. The molecule has 24 heavy (non-hydrogen) atoms. The Morgan fingerprint density at radius 2 is 1.75 bits per heavy atom. The summed E-state index contributed by atoms with van der Waals surface area (Å²) in [5.74, 6) is 0.00649. The Morgan fingerprint density at radius 1 is 1.12 bits per heavy atom. The van der Waals surface area contributed by atoms with Crippen molar-refractivity contribution < 1.29 is 9.72 Å². The maximum Gasteiger partial charge on any atom is 0.274 e. The van der Waals surface area contributed by atoms with Crippen molar-refractivity contribution in [3.05, 3.63) is 75.8 Å². The summed E-state index contributed by atoms with van der Waals surface area (Å²) in [6.07, 6.45) is 1.17.